The van der Waals surface area contributed by atoms with Gasteiger partial charge < -0.3 is 4.57 Å². The Balaban J connectivity index is 1.64. The molecule has 0 atom stereocenters. The van der Waals surface area contributed by atoms with Gasteiger partial charge in [-0.05, 0) is 12.1 Å². The molecule has 0 spiro atoms. The second-order valence-corrected chi connectivity index (χ2v) is 6.02. The van der Waals surface area contributed by atoms with Crippen LogP contribution in [0.4, 0.5) is 0 Å². The summed E-state index contributed by atoms with van der Waals surface area (Å²) >= 11 is 0. The van der Waals surface area contributed by atoms with Gasteiger partial charge in [0, 0.05) is 45.8 Å². The van der Waals surface area contributed by atoms with Crippen molar-refractivity contribution in [2.24, 2.45) is 7.05 Å². The van der Waals surface area contributed by atoms with Crippen LogP contribution in [0.2, 0.25) is 0 Å². The lowest BCUT2D eigenvalue weighted by Crippen LogP contribution is -2.29. The summed E-state index contributed by atoms with van der Waals surface area (Å²) in [6.07, 6.45) is 4.51. The zero-order valence-corrected chi connectivity index (χ0v) is 13.1. The maximum atomic E-state index is 12.7. The van der Waals surface area contributed by atoms with Gasteiger partial charge in [0.2, 0.25) is 0 Å². The summed E-state index contributed by atoms with van der Waals surface area (Å²) < 4.78 is 3.88. The molecule has 1 aliphatic rings. The maximum absolute atomic E-state index is 12.7. The van der Waals surface area contributed by atoms with Crippen LogP contribution in [0, 0.1) is 0 Å². The van der Waals surface area contributed by atoms with Gasteiger partial charge in [-0.1, -0.05) is 12.1 Å². The minimum absolute atomic E-state index is 0.0768. The monoisotopic (exact) mass is 309 g/mol. The summed E-state index contributed by atoms with van der Waals surface area (Å²) in [7, 11) is 2.01. The lowest BCUT2D eigenvalue weighted by molar-refractivity contribution is 0.265. The number of hydrogen-bond donors (Lipinski definition) is 0. The van der Waals surface area contributed by atoms with E-state index in [1.54, 1.807) is 0 Å². The molecule has 118 valence electrons. The lowest BCUT2D eigenvalue weighted by Gasteiger charge is -2.19. The van der Waals surface area contributed by atoms with Gasteiger partial charge in [0.05, 0.1) is 22.9 Å². The summed E-state index contributed by atoms with van der Waals surface area (Å²) in [5.74, 6) is 0.890. The number of rotatable bonds is 2. The number of hydrogen-bond acceptors (Lipinski definition) is 4. The third-order valence-electron chi connectivity index (χ3n) is 4.53. The van der Waals surface area contributed by atoms with Crippen molar-refractivity contribution in [3.8, 4) is 0 Å². The topological polar surface area (TPSA) is 56.0 Å². The van der Waals surface area contributed by atoms with E-state index in [1.165, 1.54) is 5.69 Å². The largest absolute Gasteiger partial charge is 0.337 e. The van der Waals surface area contributed by atoms with Gasteiger partial charge in [0.25, 0.3) is 5.56 Å². The van der Waals surface area contributed by atoms with Crippen molar-refractivity contribution in [1.29, 1.82) is 0 Å². The Bertz CT molecular complexity index is 911. The standard InChI is InChI=1S/C17H19N5O/c1-20-12-18-10-13(20)11-21-7-6-16-19-15-5-3-2-4-14(15)17(23)22(16)9-8-21/h2-5,10,12H,6-9,11H2,1H3. The van der Waals surface area contributed by atoms with Crippen molar-refractivity contribution in [2.45, 2.75) is 19.5 Å². The van der Waals surface area contributed by atoms with Gasteiger partial charge in [-0.25, -0.2) is 9.97 Å². The zero-order chi connectivity index (χ0) is 15.8. The molecule has 0 amide bonds. The SMILES string of the molecule is Cn1cncc1CN1CCc2nc3ccccc3c(=O)n2CC1. The highest BCUT2D eigenvalue weighted by Crippen LogP contribution is 2.13. The predicted octanol–water partition coefficient (Wildman–Crippen LogP) is 1.19. The van der Waals surface area contributed by atoms with E-state index in [2.05, 4.69) is 9.88 Å². The Morgan fingerprint density at radius 2 is 2.04 bits per heavy atom. The van der Waals surface area contributed by atoms with Gasteiger partial charge in [-0.15, -0.1) is 0 Å². The summed E-state index contributed by atoms with van der Waals surface area (Å²) in [6.45, 7) is 3.27. The minimum Gasteiger partial charge on any atom is -0.337 e. The van der Waals surface area contributed by atoms with E-state index in [9.17, 15) is 4.79 Å². The second kappa shape index (κ2) is 5.62. The fraction of sp³-hybridized carbons (Fsp3) is 0.353. The van der Waals surface area contributed by atoms with Gasteiger partial charge in [-0.3, -0.25) is 14.3 Å². The normalized spacial score (nSPS) is 15.5. The van der Waals surface area contributed by atoms with Gasteiger partial charge in [0.1, 0.15) is 5.82 Å². The molecule has 6 nitrogen and oxygen atoms in total. The van der Waals surface area contributed by atoms with E-state index in [0.717, 1.165) is 37.4 Å². The molecule has 3 aromatic rings. The number of benzene rings is 1. The Morgan fingerprint density at radius 1 is 1.17 bits per heavy atom. The molecule has 4 rings (SSSR count). The van der Waals surface area contributed by atoms with Crippen LogP contribution in [0.1, 0.15) is 11.5 Å². The van der Waals surface area contributed by atoms with Crippen molar-refractivity contribution in [2.75, 3.05) is 13.1 Å². The molecule has 6 heteroatoms. The van der Waals surface area contributed by atoms with Crippen molar-refractivity contribution < 1.29 is 0 Å². The second-order valence-electron chi connectivity index (χ2n) is 6.02. The highest BCUT2D eigenvalue weighted by Gasteiger charge is 2.18. The average molecular weight is 309 g/mol. The Labute approximate surface area is 134 Å². The number of fused-ring (bicyclic) bond motifs is 2. The van der Waals surface area contributed by atoms with Crippen molar-refractivity contribution in [3.63, 3.8) is 0 Å². The Hall–Kier alpha value is -2.47. The molecule has 3 heterocycles. The van der Waals surface area contributed by atoms with Crippen molar-refractivity contribution in [1.82, 2.24) is 24.0 Å². The van der Waals surface area contributed by atoms with Gasteiger partial charge in [-0.2, -0.15) is 0 Å². The van der Waals surface area contributed by atoms with Crippen LogP contribution in [0.15, 0.2) is 41.6 Å². The smallest absolute Gasteiger partial charge is 0.261 e. The van der Waals surface area contributed by atoms with Crippen LogP contribution in [0.5, 0.6) is 0 Å². The molecule has 1 aliphatic heterocycles. The Morgan fingerprint density at radius 3 is 2.87 bits per heavy atom. The minimum atomic E-state index is 0.0768. The van der Waals surface area contributed by atoms with Crippen molar-refractivity contribution in [3.05, 3.63) is 58.7 Å². The van der Waals surface area contributed by atoms with Crippen LogP contribution in [0.3, 0.4) is 0 Å². The summed E-state index contributed by atoms with van der Waals surface area (Å²) in [6, 6.07) is 7.59. The third-order valence-corrected chi connectivity index (χ3v) is 4.53. The van der Waals surface area contributed by atoms with Gasteiger partial charge in [0.15, 0.2) is 0 Å². The number of aryl methyl sites for hydroxylation is 1. The zero-order valence-electron chi connectivity index (χ0n) is 13.1. The van der Waals surface area contributed by atoms with E-state index in [4.69, 9.17) is 4.98 Å². The summed E-state index contributed by atoms with van der Waals surface area (Å²) in [5, 5.41) is 0.705. The van der Waals surface area contributed by atoms with E-state index < -0.39 is 0 Å². The predicted molar refractivity (Wildman–Crippen MR) is 88.2 cm³/mol. The van der Waals surface area contributed by atoms with Crippen LogP contribution in [-0.2, 0) is 26.6 Å². The molecule has 1 aromatic carbocycles. The van der Waals surface area contributed by atoms with Crippen LogP contribution in [0.25, 0.3) is 10.9 Å². The molecule has 0 N–H and O–H groups in total. The molecule has 0 aliphatic carbocycles. The molecular formula is C17H19N5O. The molecular weight excluding hydrogens is 290 g/mol. The number of imidazole rings is 1. The number of aromatic nitrogens is 4. The molecule has 0 unspecified atom stereocenters. The first-order valence-corrected chi connectivity index (χ1v) is 7.88. The quantitative estimate of drug-likeness (QED) is 0.713. The third kappa shape index (κ3) is 2.55. The number of para-hydroxylation sites is 1. The molecule has 0 saturated heterocycles. The van der Waals surface area contributed by atoms with Crippen molar-refractivity contribution >= 4 is 10.9 Å². The Kier molecular flexibility index (Phi) is 3.46. The molecule has 2 aromatic heterocycles. The highest BCUT2D eigenvalue weighted by molar-refractivity contribution is 5.77. The summed E-state index contributed by atoms with van der Waals surface area (Å²) in [5.41, 5.74) is 2.05. The van der Waals surface area contributed by atoms with E-state index in [0.29, 0.717) is 11.9 Å². The lowest BCUT2D eigenvalue weighted by atomic mass is 10.2. The van der Waals surface area contributed by atoms with E-state index in [-0.39, 0.29) is 5.56 Å². The molecule has 0 radical (unpaired) electrons. The fourth-order valence-corrected chi connectivity index (χ4v) is 3.17. The van der Waals surface area contributed by atoms with Gasteiger partial charge >= 0.3 is 0 Å². The maximum Gasteiger partial charge on any atom is 0.261 e. The molecule has 23 heavy (non-hydrogen) atoms. The average Bonchev–Trinajstić information content (AvgIpc) is 2.85. The molecule has 0 fully saturated rings. The first-order chi connectivity index (χ1) is 11.2. The first-order valence-electron chi connectivity index (χ1n) is 7.88. The molecule has 0 saturated carbocycles. The summed E-state index contributed by atoms with van der Waals surface area (Å²) in [4.78, 5) is 23.9. The van der Waals surface area contributed by atoms with Crippen LogP contribution < -0.4 is 5.56 Å². The van der Waals surface area contributed by atoms with E-state index in [1.807, 2.05) is 53.0 Å². The van der Waals surface area contributed by atoms with Crippen LogP contribution >= 0.6 is 0 Å². The highest BCUT2D eigenvalue weighted by atomic mass is 16.1. The number of nitrogens with zero attached hydrogens (tertiary/aromatic N) is 5. The molecule has 0 bridgehead atoms. The van der Waals surface area contributed by atoms with Crippen LogP contribution in [-0.4, -0.2) is 37.1 Å². The van der Waals surface area contributed by atoms with E-state index >= 15 is 0 Å². The fourth-order valence-electron chi connectivity index (χ4n) is 3.17. The first kappa shape index (κ1) is 14.1.